The molecule has 0 amide bonds. The molecule has 0 bridgehead atoms. The van der Waals surface area contributed by atoms with Crippen LogP contribution in [-0.4, -0.2) is 92.9 Å². The van der Waals surface area contributed by atoms with E-state index in [1.54, 1.807) is 104 Å². The van der Waals surface area contributed by atoms with Crippen LogP contribution in [0.4, 0.5) is 0 Å². The van der Waals surface area contributed by atoms with Crippen LogP contribution in [0.2, 0.25) is 0 Å². The summed E-state index contributed by atoms with van der Waals surface area (Å²) in [7, 11) is 0. The van der Waals surface area contributed by atoms with Gasteiger partial charge in [0.2, 0.25) is 0 Å². The van der Waals surface area contributed by atoms with E-state index >= 15 is 0 Å². The average molecular weight is 1230 g/mol. The Hall–Kier alpha value is -7.94. The lowest BCUT2D eigenvalue weighted by molar-refractivity contribution is 0.0000369. The van der Waals surface area contributed by atoms with Crippen LogP contribution < -0.4 is 0 Å². The highest BCUT2D eigenvalue weighted by atomic mass is 16.6. The number of aliphatic hydroxyl groups is 2. The van der Waals surface area contributed by atoms with Gasteiger partial charge in [-0.05, 0) is 175 Å². The highest BCUT2D eigenvalue weighted by molar-refractivity contribution is 5.91. The Morgan fingerprint density at radius 2 is 0.663 bits per heavy atom. The third-order valence-electron chi connectivity index (χ3n) is 14.2. The molecule has 484 valence electrons. The first kappa shape index (κ1) is 77.2. The van der Waals surface area contributed by atoms with Crippen molar-refractivity contribution in [1.29, 1.82) is 0 Å². The van der Waals surface area contributed by atoms with E-state index in [0.29, 0.717) is 59.1 Å². The minimum atomic E-state index is -0.875. The zero-order valence-electron chi connectivity index (χ0n) is 55.6. The second-order valence-electron chi connectivity index (χ2n) is 24.7. The maximum Gasteiger partial charge on any atom is 0.338 e. The molecule has 0 saturated heterocycles. The van der Waals surface area contributed by atoms with Crippen molar-refractivity contribution in [2.45, 2.75) is 216 Å². The van der Waals surface area contributed by atoms with Crippen molar-refractivity contribution < 1.29 is 68.1 Å². The van der Waals surface area contributed by atoms with E-state index < -0.39 is 11.9 Å². The van der Waals surface area contributed by atoms with Crippen molar-refractivity contribution in [3.8, 4) is 0 Å². The lowest BCUT2D eigenvalue weighted by Gasteiger charge is -2.22. The van der Waals surface area contributed by atoms with Crippen molar-refractivity contribution in [3.05, 3.63) is 212 Å². The molecule has 0 aromatic heterocycles. The second kappa shape index (κ2) is 39.1. The summed E-state index contributed by atoms with van der Waals surface area (Å²) < 4.78 is 22.6. The van der Waals surface area contributed by atoms with E-state index in [1.807, 2.05) is 104 Å². The van der Waals surface area contributed by atoms with Gasteiger partial charge in [0.1, 0.15) is 24.4 Å². The Morgan fingerprint density at radius 1 is 0.382 bits per heavy atom. The summed E-state index contributed by atoms with van der Waals surface area (Å²) in [4.78, 5) is 70.6. The summed E-state index contributed by atoms with van der Waals surface area (Å²) in [5, 5.41) is 34.5. The number of carbonyl (C=O) groups excluding carboxylic acids is 4. The van der Waals surface area contributed by atoms with Gasteiger partial charge in [0, 0.05) is 12.8 Å². The van der Waals surface area contributed by atoms with E-state index in [2.05, 4.69) is 48.5 Å². The normalized spacial score (nSPS) is 12.9. The number of aliphatic hydroxyl groups excluding tert-OH is 2. The maximum absolute atomic E-state index is 12.6. The molecule has 0 aliphatic carbocycles. The minimum Gasteiger partial charge on any atom is -0.478 e. The van der Waals surface area contributed by atoms with Gasteiger partial charge in [-0.2, -0.15) is 0 Å². The molecule has 6 atom stereocenters. The number of benzene rings is 6. The topological polar surface area (TPSA) is 220 Å². The quantitative estimate of drug-likeness (QED) is 0.0282. The molecular weight excluding hydrogens is 1120 g/mol. The number of esters is 4. The molecule has 0 aliphatic rings. The highest BCUT2D eigenvalue weighted by Crippen LogP contribution is 2.25. The fraction of sp³-hybridized carbons (Fsp3) is 0.440. The number of unbranched alkanes of at least 4 members (excludes halogenated alkanes) is 2. The molecule has 14 nitrogen and oxygen atoms in total. The molecule has 0 heterocycles. The molecule has 0 radical (unpaired) electrons. The summed E-state index contributed by atoms with van der Waals surface area (Å²) in [6.07, 6.45) is 4.70. The smallest absolute Gasteiger partial charge is 0.338 e. The Balaban J connectivity index is 0.000000426. The number of ether oxygens (including phenoxy) is 4. The van der Waals surface area contributed by atoms with Gasteiger partial charge in [-0.25, -0.2) is 28.8 Å². The monoisotopic (exact) mass is 1220 g/mol. The van der Waals surface area contributed by atoms with Crippen LogP contribution >= 0.6 is 0 Å². The SMILES string of the molecule is CCC(CC(C)OC(=O)c1ccc(C(C)(C)C)cc1)OC(=O)c1ccc(C(C)(C)C)cc1.CCC(O)CC(C)O.CCCCCC(CC(C)OC(=O)c1ccc(C)cc1)OC(=O)c1ccc(C)cc1.Cc1ccc(C(=O)O)cc1.Cc1ccc(C(=O)O)cc1. The molecule has 6 rings (SSSR count). The summed E-state index contributed by atoms with van der Waals surface area (Å²) in [6, 6.07) is 43.2. The lowest BCUT2D eigenvalue weighted by atomic mass is 9.87. The van der Waals surface area contributed by atoms with Gasteiger partial charge in [-0.1, -0.05) is 170 Å². The van der Waals surface area contributed by atoms with E-state index in [0.717, 1.165) is 65.5 Å². The molecule has 4 N–H and O–H groups in total. The van der Waals surface area contributed by atoms with Crippen LogP contribution in [0.15, 0.2) is 146 Å². The molecule has 0 aliphatic heterocycles. The summed E-state index contributed by atoms with van der Waals surface area (Å²) in [6.45, 7) is 31.9. The maximum atomic E-state index is 12.6. The second-order valence-corrected chi connectivity index (χ2v) is 24.7. The minimum absolute atomic E-state index is 0.0285. The Kier molecular flexibility index (Phi) is 33.9. The predicted molar refractivity (Wildman–Crippen MR) is 353 cm³/mol. The average Bonchev–Trinajstić information content (AvgIpc) is 3.57. The van der Waals surface area contributed by atoms with Crippen molar-refractivity contribution in [2.24, 2.45) is 0 Å². The van der Waals surface area contributed by atoms with Crippen LogP contribution in [-0.2, 0) is 29.8 Å². The molecule has 0 spiro atoms. The third-order valence-corrected chi connectivity index (χ3v) is 14.2. The van der Waals surface area contributed by atoms with Gasteiger partial charge < -0.3 is 39.4 Å². The van der Waals surface area contributed by atoms with E-state index in [1.165, 1.54) is 0 Å². The van der Waals surface area contributed by atoms with Crippen LogP contribution in [0, 0.1) is 27.7 Å². The number of rotatable bonds is 22. The number of hydrogen-bond acceptors (Lipinski definition) is 12. The van der Waals surface area contributed by atoms with Crippen LogP contribution in [0.3, 0.4) is 0 Å². The van der Waals surface area contributed by atoms with Crippen LogP contribution in [0.25, 0.3) is 0 Å². The molecule has 14 heteroatoms. The molecular formula is C75H100O14. The molecule has 0 saturated carbocycles. The van der Waals surface area contributed by atoms with Crippen LogP contribution in [0.5, 0.6) is 0 Å². The van der Waals surface area contributed by atoms with E-state index in [-0.39, 0.29) is 71.3 Å². The third kappa shape index (κ3) is 31.2. The Bertz CT molecular complexity index is 2990. The fourth-order valence-corrected chi connectivity index (χ4v) is 8.47. The summed E-state index contributed by atoms with van der Waals surface area (Å²) in [5.41, 5.74) is 9.52. The van der Waals surface area contributed by atoms with Gasteiger partial charge in [0.25, 0.3) is 0 Å². The Morgan fingerprint density at radius 3 is 0.921 bits per heavy atom. The van der Waals surface area contributed by atoms with E-state index in [9.17, 15) is 28.8 Å². The largest absolute Gasteiger partial charge is 0.478 e. The fourth-order valence-electron chi connectivity index (χ4n) is 8.47. The van der Waals surface area contributed by atoms with Crippen molar-refractivity contribution >= 4 is 35.8 Å². The number of carboxylic acid groups (broad SMARTS) is 2. The molecule has 6 aromatic carbocycles. The number of carbonyl (C=O) groups is 6. The molecule has 0 fully saturated rings. The lowest BCUT2D eigenvalue weighted by Crippen LogP contribution is -2.26. The Labute approximate surface area is 530 Å². The first-order chi connectivity index (χ1) is 41.8. The number of aryl methyl sites for hydroxylation is 4. The van der Waals surface area contributed by atoms with Crippen molar-refractivity contribution in [3.63, 3.8) is 0 Å². The first-order valence-electron chi connectivity index (χ1n) is 30.9. The summed E-state index contributed by atoms with van der Waals surface area (Å²) in [5.74, 6) is -3.15. The van der Waals surface area contributed by atoms with Crippen molar-refractivity contribution in [2.75, 3.05) is 0 Å². The summed E-state index contributed by atoms with van der Waals surface area (Å²) >= 11 is 0. The predicted octanol–water partition coefficient (Wildman–Crippen LogP) is 16.8. The van der Waals surface area contributed by atoms with Gasteiger partial charge >= 0.3 is 35.8 Å². The number of aromatic carboxylic acids is 2. The van der Waals surface area contributed by atoms with Crippen LogP contribution in [0.1, 0.15) is 236 Å². The van der Waals surface area contributed by atoms with Gasteiger partial charge in [-0.3, -0.25) is 0 Å². The standard InChI is InChI=1S/C28H38O4.C25H32O4.2C8H8O2.C6H14O2/c1-9-24(32-26(30)21-12-16-23(17-13-21)28(6,7)8)18-19(2)31-25(29)20-10-14-22(15-11-20)27(3,4)5;1-5-6-7-8-23(29-25(27)22-15-11-19(3)12-16-22)17-20(4)28-24(26)21-13-9-18(2)10-14-21;2*1-6-2-4-7(5-3-6)8(9)10;1-3-6(8)4-5(2)7/h10-17,19,24H,9,18H2,1-8H3;9-16,20,23H,5-8,17H2,1-4H3;2*2-5H,1H3,(H,9,10);5-8H,3-4H2,1-2H3. The molecule has 6 unspecified atom stereocenters. The molecule has 89 heavy (non-hydrogen) atoms. The number of carboxylic acids is 2. The molecule has 6 aromatic rings. The van der Waals surface area contributed by atoms with Crippen molar-refractivity contribution in [1.82, 2.24) is 0 Å². The first-order valence-corrected chi connectivity index (χ1v) is 30.9. The van der Waals surface area contributed by atoms with Gasteiger partial charge in [0.05, 0.1) is 45.6 Å². The van der Waals surface area contributed by atoms with Gasteiger partial charge in [-0.15, -0.1) is 0 Å². The zero-order valence-corrected chi connectivity index (χ0v) is 55.6. The number of hydrogen-bond donors (Lipinski definition) is 4. The van der Waals surface area contributed by atoms with Gasteiger partial charge in [0.15, 0.2) is 0 Å². The van der Waals surface area contributed by atoms with E-state index in [4.69, 9.17) is 39.4 Å². The highest BCUT2D eigenvalue weighted by Gasteiger charge is 2.24. The zero-order chi connectivity index (χ0) is 67.0.